The Bertz CT molecular complexity index is 507. The van der Waals surface area contributed by atoms with Crippen LogP contribution in [0.1, 0.15) is 25.3 Å². The summed E-state index contributed by atoms with van der Waals surface area (Å²) >= 11 is 3.11. The molecule has 0 atom stereocenters. The molecule has 19 heavy (non-hydrogen) atoms. The minimum Gasteiger partial charge on any atom is -0.382 e. The van der Waals surface area contributed by atoms with Gasteiger partial charge in [-0.05, 0) is 46.3 Å². The van der Waals surface area contributed by atoms with E-state index >= 15 is 0 Å². The molecule has 1 saturated heterocycles. The molecule has 1 N–H and O–H groups in total. The van der Waals surface area contributed by atoms with Gasteiger partial charge in [-0.1, -0.05) is 6.92 Å². The third kappa shape index (κ3) is 3.26. The van der Waals surface area contributed by atoms with E-state index < -0.39 is 5.82 Å². The highest BCUT2D eigenvalue weighted by Gasteiger charge is 2.27. The van der Waals surface area contributed by atoms with Crippen molar-refractivity contribution in [3.05, 3.63) is 28.0 Å². The molecule has 0 saturated carbocycles. The van der Waals surface area contributed by atoms with Crippen molar-refractivity contribution in [2.75, 3.05) is 25.1 Å². The fourth-order valence-corrected chi connectivity index (χ4v) is 2.56. The predicted octanol–water partition coefficient (Wildman–Crippen LogP) is 3.69. The van der Waals surface area contributed by atoms with Crippen LogP contribution >= 0.6 is 15.9 Å². The average molecular weight is 327 g/mol. The van der Waals surface area contributed by atoms with Gasteiger partial charge in [0.2, 0.25) is 0 Å². The van der Waals surface area contributed by atoms with Gasteiger partial charge in [0.15, 0.2) is 5.82 Å². The lowest BCUT2D eigenvalue weighted by Crippen LogP contribution is -2.33. The Morgan fingerprint density at radius 3 is 2.79 bits per heavy atom. The molecule has 1 aromatic carbocycles. The van der Waals surface area contributed by atoms with Crippen molar-refractivity contribution in [3.63, 3.8) is 0 Å². The number of halogens is 2. The van der Waals surface area contributed by atoms with Crippen molar-refractivity contribution in [1.82, 2.24) is 0 Å². The SMILES string of the molecule is CC1(CNc2ccc(C#N)c(Br)c2F)CCOCC1. The molecule has 0 spiro atoms. The van der Waals surface area contributed by atoms with Gasteiger partial charge in [-0.2, -0.15) is 5.26 Å². The first-order valence-corrected chi connectivity index (χ1v) is 7.05. The van der Waals surface area contributed by atoms with Gasteiger partial charge in [0.1, 0.15) is 6.07 Å². The summed E-state index contributed by atoms with van der Waals surface area (Å²) in [4.78, 5) is 0. The molecule has 1 fully saturated rings. The maximum Gasteiger partial charge on any atom is 0.161 e. The van der Waals surface area contributed by atoms with Crippen LogP contribution < -0.4 is 5.32 Å². The molecule has 0 aromatic heterocycles. The lowest BCUT2D eigenvalue weighted by Gasteiger charge is -2.34. The molecule has 1 aromatic rings. The summed E-state index contributed by atoms with van der Waals surface area (Å²) in [5.41, 5.74) is 0.865. The topological polar surface area (TPSA) is 45.0 Å². The zero-order chi connectivity index (χ0) is 13.9. The molecule has 5 heteroatoms. The number of benzene rings is 1. The van der Waals surface area contributed by atoms with Gasteiger partial charge >= 0.3 is 0 Å². The van der Waals surface area contributed by atoms with E-state index in [0.29, 0.717) is 17.8 Å². The maximum atomic E-state index is 14.0. The van der Waals surface area contributed by atoms with Crippen LogP contribution in [0.25, 0.3) is 0 Å². The standard InChI is InChI=1S/C14H16BrFN2O/c1-14(4-6-19-7-5-14)9-18-11-3-2-10(8-17)12(15)13(11)16/h2-3,18H,4-7,9H2,1H3. The largest absolute Gasteiger partial charge is 0.382 e. The molecule has 2 rings (SSSR count). The number of nitrogens with one attached hydrogen (secondary N) is 1. The Kier molecular flexibility index (Phi) is 4.43. The molecule has 1 aliphatic heterocycles. The number of nitriles is 1. The van der Waals surface area contributed by atoms with E-state index in [2.05, 4.69) is 28.2 Å². The second kappa shape index (κ2) is 5.89. The lowest BCUT2D eigenvalue weighted by molar-refractivity contribution is 0.0300. The first-order valence-electron chi connectivity index (χ1n) is 6.25. The molecule has 1 aliphatic rings. The van der Waals surface area contributed by atoms with E-state index in [4.69, 9.17) is 10.00 Å². The number of anilines is 1. The quantitative estimate of drug-likeness (QED) is 0.921. The van der Waals surface area contributed by atoms with Crippen molar-refractivity contribution in [3.8, 4) is 6.07 Å². The van der Waals surface area contributed by atoms with E-state index in [-0.39, 0.29) is 9.89 Å². The number of hydrogen-bond acceptors (Lipinski definition) is 3. The zero-order valence-electron chi connectivity index (χ0n) is 10.8. The van der Waals surface area contributed by atoms with Crippen LogP contribution in [0.3, 0.4) is 0 Å². The number of rotatable bonds is 3. The van der Waals surface area contributed by atoms with Crippen molar-refractivity contribution >= 4 is 21.6 Å². The monoisotopic (exact) mass is 326 g/mol. The third-order valence-corrected chi connectivity index (χ3v) is 4.38. The predicted molar refractivity (Wildman–Crippen MR) is 75.5 cm³/mol. The van der Waals surface area contributed by atoms with Gasteiger partial charge in [-0.25, -0.2) is 4.39 Å². The third-order valence-electron chi connectivity index (χ3n) is 3.61. The molecule has 0 bridgehead atoms. The Labute approximate surface area is 120 Å². The molecule has 0 amide bonds. The van der Waals surface area contributed by atoms with Gasteiger partial charge in [0, 0.05) is 19.8 Å². The summed E-state index contributed by atoms with van der Waals surface area (Å²) in [6.45, 7) is 4.40. The molecule has 3 nitrogen and oxygen atoms in total. The van der Waals surface area contributed by atoms with Crippen LogP contribution in [0.5, 0.6) is 0 Å². The minimum absolute atomic E-state index is 0.130. The second-order valence-electron chi connectivity index (χ2n) is 5.18. The highest BCUT2D eigenvalue weighted by Crippen LogP contribution is 2.32. The Hall–Kier alpha value is -1.12. The first-order chi connectivity index (χ1) is 9.06. The summed E-state index contributed by atoms with van der Waals surface area (Å²) in [7, 11) is 0. The Balaban J connectivity index is 2.08. The fraction of sp³-hybridized carbons (Fsp3) is 0.500. The van der Waals surface area contributed by atoms with Crippen LogP contribution in [0.4, 0.5) is 10.1 Å². The number of nitrogens with zero attached hydrogens (tertiary/aromatic N) is 1. The molecule has 102 valence electrons. The summed E-state index contributed by atoms with van der Waals surface area (Å²) in [5.74, 6) is -0.408. The summed E-state index contributed by atoms with van der Waals surface area (Å²) in [6.07, 6.45) is 1.94. The zero-order valence-corrected chi connectivity index (χ0v) is 12.4. The normalized spacial score (nSPS) is 17.8. The molecule has 1 heterocycles. The highest BCUT2D eigenvalue weighted by molar-refractivity contribution is 9.10. The van der Waals surface area contributed by atoms with Crippen molar-refractivity contribution in [2.24, 2.45) is 5.41 Å². The summed E-state index contributed by atoms with van der Waals surface area (Å²) in [6, 6.07) is 5.17. The second-order valence-corrected chi connectivity index (χ2v) is 5.97. The van der Waals surface area contributed by atoms with Gasteiger partial charge in [0.25, 0.3) is 0 Å². The van der Waals surface area contributed by atoms with Crippen LogP contribution in [0, 0.1) is 22.6 Å². The van der Waals surface area contributed by atoms with E-state index in [0.717, 1.165) is 26.1 Å². The van der Waals surface area contributed by atoms with Crippen LogP contribution in [0.15, 0.2) is 16.6 Å². The smallest absolute Gasteiger partial charge is 0.161 e. The van der Waals surface area contributed by atoms with Crippen LogP contribution in [-0.4, -0.2) is 19.8 Å². The van der Waals surface area contributed by atoms with Crippen molar-refractivity contribution in [1.29, 1.82) is 5.26 Å². The fourth-order valence-electron chi connectivity index (χ4n) is 2.12. The van der Waals surface area contributed by atoms with Crippen molar-refractivity contribution in [2.45, 2.75) is 19.8 Å². The summed E-state index contributed by atoms with van der Waals surface area (Å²) in [5, 5.41) is 12.0. The van der Waals surface area contributed by atoms with Gasteiger partial charge < -0.3 is 10.1 Å². The van der Waals surface area contributed by atoms with Crippen LogP contribution in [0.2, 0.25) is 0 Å². The molecular formula is C14H16BrFN2O. The van der Waals surface area contributed by atoms with Gasteiger partial charge in [0.05, 0.1) is 15.7 Å². The van der Waals surface area contributed by atoms with E-state index in [9.17, 15) is 4.39 Å². The summed E-state index contributed by atoms with van der Waals surface area (Å²) < 4.78 is 19.6. The van der Waals surface area contributed by atoms with E-state index in [1.165, 1.54) is 0 Å². The van der Waals surface area contributed by atoms with E-state index in [1.807, 2.05) is 6.07 Å². The van der Waals surface area contributed by atoms with Crippen LogP contribution in [-0.2, 0) is 4.74 Å². The lowest BCUT2D eigenvalue weighted by atomic mass is 9.82. The Morgan fingerprint density at radius 2 is 2.16 bits per heavy atom. The molecule has 0 radical (unpaired) electrons. The average Bonchev–Trinajstić information content (AvgIpc) is 2.41. The maximum absolute atomic E-state index is 14.0. The highest BCUT2D eigenvalue weighted by atomic mass is 79.9. The van der Waals surface area contributed by atoms with Gasteiger partial charge in [-0.15, -0.1) is 0 Å². The molecule has 0 unspecified atom stereocenters. The van der Waals surface area contributed by atoms with Gasteiger partial charge in [-0.3, -0.25) is 0 Å². The Morgan fingerprint density at radius 1 is 1.47 bits per heavy atom. The first kappa shape index (κ1) is 14.3. The van der Waals surface area contributed by atoms with E-state index in [1.54, 1.807) is 12.1 Å². The molecular weight excluding hydrogens is 311 g/mol. The number of hydrogen-bond donors (Lipinski definition) is 1. The molecule has 0 aliphatic carbocycles. The van der Waals surface area contributed by atoms with Crippen molar-refractivity contribution < 1.29 is 9.13 Å². The minimum atomic E-state index is -0.408. The number of ether oxygens (including phenoxy) is 1.